The highest BCUT2D eigenvalue weighted by molar-refractivity contribution is 7.89. The van der Waals surface area contributed by atoms with Crippen LogP contribution in [0.3, 0.4) is 0 Å². The van der Waals surface area contributed by atoms with E-state index in [9.17, 15) is 22.4 Å². The van der Waals surface area contributed by atoms with Crippen molar-refractivity contribution >= 4 is 27.6 Å². The quantitative estimate of drug-likeness (QED) is 0.595. The zero-order valence-corrected chi connectivity index (χ0v) is 18.2. The molecule has 0 bridgehead atoms. The molecule has 2 aromatic carbocycles. The molecular formula is C22H25FN2O5S. The van der Waals surface area contributed by atoms with Gasteiger partial charge in [0.15, 0.2) is 6.61 Å². The maximum atomic E-state index is 13.0. The molecule has 166 valence electrons. The first kappa shape index (κ1) is 22.9. The Bertz CT molecular complexity index is 1030. The number of rotatable bonds is 9. The van der Waals surface area contributed by atoms with Crippen LogP contribution in [0.5, 0.6) is 0 Å². The number of carbonyl (C=O) groups is 2. The number of hydrogen-bond donors (Lipinski definition) is 1. The standard InChI is InChI=1S/C22H25FN2O5S/c1-3-25(4-2)31(28,29)18-11-9-17(10-12-18)24-21(26)14-30-22(27)20-13-19(20)15-5-7-16(23)8-6-15/h5-12,19-20H,3-4,13-14H2,1-2H3,(H,24,26). The van der Waals surface area contributed by atoms with Gasteiger partial charge in [0.2, 0.25) is 10.0 Å². The average molecular weight is 449 g/mol. The Kier molecular flexibility index (Phi) is 7.07. The van der Waals surface area contributed by atoms with Gasteiger partial charge in [-0.3, -0.25) is 9.59 Å². The zero-order chi connectivity index (χ0) is 22.6. The first-order valence-corrected chi connectivity index (χ1v) is 11.5. The van der Waals surface area contributed by atoms with E-state index in [0.717, 1.165) is 5.56 Å². The van der Waals surface area contributed by atoms with Crippen LogP contribution in [0.4, 0.5) is 10.1 Å². The number of anilines is 1. The van der Waals surface area contributed by atoms with Crippen LogP contribution < -0.4 is 5.32 Å². The van der Waals surface area contributed by atoms with Crippen molar-refractivity contribution in [2.75, 3.05) is 25.0 Å². The van der Waals surface area contributed by atoms with Gasteiger partial charge in [0.25, 0.3) is 5.91 Å². The Balaban J connectivity index is 1.49. The van der Waals surface area contributed by atoms with Crippen molar-refractivity contribution in [1.29, 1.82) is 0 Å². The number of benzene rings is 2. The summed E-state index contributed by atoms with van der Waals surface area (Å²) in [5, 5.41) is 2.58. The number of nitrogens with zero attached hydrogens (tertiary/aromatic N) is 1. The number of ether oxygens (including phenoxy) is 1. The first-order valence-electron chi connectivity index (χ1n) is 10.1. The van der Waals surface area contributed by atoms with Gasteiger partial charge in [0, 0.05) is 18.8 Å². The van der Waals surface area contributed by atoms with Crippen molar-refractivity contribution in [3.05, 3.63) is 59.9 Å². The molecule has 0 spiro atoms. The number of halogens is 1. The predicted molar refractivity (Wildman–Crippen MR) is 113 cm³/mol. The molecule has 1 fully saturated rings. The van der Waals surface area contributed by atoms with Gasteiger partial charge in [-0.25, -0.2) is 12.8 Å². The molecule has 9 heteroatoms. The molecule has 1 N–H and O–H groups in total. The molecule has 0 aromatic heterocycles. The van der Waals surface area contributed by atoms with E-state index in [1.165, 1.54) is 40.7 Å². The molecule has 2 aromatic rings. The van der Waals surface area contributed by atoms with E-state index < -0.39 is 28.5 Å². The number of nitrogens with one attached hydrogen (secondary N) is 1. The number of carbonyl (C=O) groups excluding carboxylic acids is 2. The lowest BCUT2D eigenvalue weighted by Crippen LogP contribution is -2.30. The third-order valence-corrected chi connectivity index (χ3v) is 7.28. The highest BCUT2D eigenvalue weighted by Gasteiger charge is 2.45. The fourth-order valence-corrected chi connectivity index (χ4v) is 4.86. The summed E-state index contributed by atoms with van der Waals surface area (Å²) in [6.45, 7) is 3.82. The Labute approximate surface area is 181 Å². The third kappa shape index (κ3) is 5.48. The van der Waals surface area contributed by atoms with Gasteiger partial charge in [-0.2, -0.15) is 4.31 Å². The molecular weight excluding hydrogens is 423 g/mol. The lowest BCUT2D eigenvalue weighted by Gasteiger charge is -2.18. The van der Waals surface area contributed by atoms with Gasteiger partial charge in [-0.05, 0) is 54.3 Å². The Morgan fingerprint density at radius 2 is 1.68 bits per heavy atom. The molecule has 0 saturated heterocycles. The van der Waals surface area contributed by atoms with E-state index in [4.69, 9.17) is 4.74 Å². The summed E-state index contributed by atoms with van der Waals surface area (Å²) < 4.78 is 44.4. The molecule has 0 heterocycles. The lowest BCUT2D eigenvalue weighted by atomic mass is 10.1. The molecule has 1 amide bonds. The van der Waals surface area contributed by atoms with Gasteiger partial charge < -0.3 is 10.1 Å². The summed E-state index contributed by atoms with van der Waals surface area (Å²) in [5.41, 5.74) is 1.27. The van der Waals surface area contributed by atoms with Crippen LogP contribution in [0, 0.1) is 11.7 Å². The van der Waals surface area contributed by atoms with E-state index in [1.807, 2.05) is 0 Å². The maximum absolute atomic E-state index is 13.0. The van der Waals surface area contributed by atoms with E-state index in [2.05, 4.69) is 5.32 Å². The molecule has 2 atom stereocenters. The third-order valence-electron chi connectivity index (χ3n) is 5.22. The molecule has 1 saturated carbocycles. The largest absolute Gasteiger partial charge is 0.455 e. The van der Waals surface area contributed by atoms with Crippen LogP contribution in [0.15, 0.2) is 53.4 Å². The smallest absolute Gasteiger partial charge is 0.310 e. The highest BCUT2D eigenvalue weighted by atomic mass is 32.2. The van der Waals surface area contributed by atoms with E-state index in [1.54, 1.807) is 26.0 Å². The lowest BCUT2D eigenvalue weighted by molar-refractivity contribution is -0.148. The maximum Gasteiger partial charge on any atom is 0.310 e. The van der Waals surface area contributed by atoms with Crippen molar-refractivity contribution in [1.82, 2.24) is 4.31 Å². The van der Waals surface area contributed by atoms with Crippen LogP contribution >= 0.6 is 0 Å². The topological polar surface area (TPSA) is 92.8 Å². The van der Waals surface area contributed by atoms with Crippen molar-refractivity contribution in [2.24, 2.45) is 5.92 Å². The molecule has 2 unspecified atom stereocenters. The van der Waals surface area contributed by atoms with Crippen LogP contribution in [-0.4, -0.2) is 44.3 Å². The minimum Gasteiger partial charge on any atom is -0.455 e. The SMILES string of the molecule is CCN(CC)S(=O)(=O)c1ccc(NC(=O)COC(=O)C2CC2c2ccc(F)cc2)cc1. The van der Waals surface area contributed by atoms with Crippen molar-refractivity contribution in [2.45, 2.75) is 31.1 Å². The number of amides is 1. The van der Waals surface area contributed by atoms with Crippen molar-refractivity contribution in [3.63, 3.8) is 0 Å². The van der Waals surface area contributed by atoms with E-state index in [0.29, 0.717) is 25.2 Å². The second kappa shape index (κ2) is 9.57. The van der Waals surface area contributed by atoms with Gasteiger partial charge in [0.05, 0.1) is 10.8 Å². The van der Waals surface area contributed by atoms with Gasteiger partial charge in [-0.1, -0.05) is 26.0 Å². The summed E-state index contributed by atoms with van der Waals surface area (Å²) in [6, 6.07) is 11.8. The normalized spacial score (nSPS) is 17.9. The van der Waals surface area contributed by atoms with E-state index in [-0.39, 0.29) is 22.5 Å². The Hall–Kier alpha value is -2.78. The zero-order valence-electron chi connectivity index (χ0n) is 17.4. The molecule has 31 heavy (non-hydrogen) atoms. The van der Waals surface area contributed by atoms with E-state index >= 15 is 0 Å². The minimum atomic E-state index is -3.57. The molecule has 1 aliphatic rings. The Morgan fingerprint density at radius 3 is 2.26 bits per heavy atom. The van der Waals surface area contributed by atoms with Gasteiger partial charge in [-0.15, -0.1) is 0 Å². The van der Waals surface area contributed by atoms with Crippen LogP contribution in [0.2, 0.25) is 0 Å². The Morgan fingerprint density at radius 1 is 1.06 bits per heavy atom. The van der Waals surface area contributed by atoms with Crippen LogP contribution in [-0.2, 0) is 24.3 Å². The fraction of sp³-hybridized carbons (Fsp3) is 0.364. The summed E-state index contributed by atoms with van der Waals surface area (Å²) in [7, 11) is -3.57. The number of hydrogen-bond acceptors (Lipinski definition) is 5. The molecule has 3 rings (SSSR count). The van der Waals surface area contributed by atoms with Crippen molar-refractivity contribution < 1.29 is 27.1 Å². The van der Waals surface area contributed by atoms with Gasteiger partial charge >= 0.3 is 5.97 Å². The van der Waals surface area contributed by atoms with Gasteiger partial charge in [0.1, 0.15) is 5.82 Å². The first-order chi connectivity index (χ1) is 14.8. The monoisotopic (exact) mass is 448 g/mol. The molecule has 0 radical (unpaired) electrons. The summed E-state index contributed by atoms with van der Waals surface area (Å²) in [6.07, 6.45) is 0.606. The minimum absolute atomic E-state index is 0.0172. The summed E-state index contributed by atoms with van der Waals surface area (Å²) in [5.74, 6) is -1.67. The fourth-order valence-electron chi connectivity index (χ4n) is 3.40. The average Bonchev–Trinajstić information content (AvgIpc) is 3.54. The summed E-state index contributed by atoms with van der Waals surface area (Å²) in [4.78, 5) is 24.4. The molecule has 7 nitrogen and oxygen atoms in total. The number of sulfonamides is 1. The predicted octanol–water partition coefficient (Wildman–Crippen LogP) is 3.14. The van der Waals surface area contributed by atoms with Crippen LogP contribution in [0.1, 0.15) is 31.7 Å². The second-order valence-corrected chi connectivity index (χ2v) is 9.21. The van der Waals surface area contributed by atoms with Crippen molar-refractivity contribution in [3.8, 4) is 0 Å². The second-order valence-electron chi connectivity index (χ2n) is 7.27. The molecule has 0 aliphatic heterocycles. The highest BCUT2D eigenvalue weighted by Crippen LogP contribution is 2.48. The molecule has 1 aliphatic carbocycles. The summed E-state index contributed by atoms with van der Waals surface area (Å²) >= 11 is 0. The number of esters is 1. The van der Waals surface area contributed by atoms with Crippen LogP contribution in [0.25, 0.3) is 0 Å².